The van der Waals surface area contributed by atoms with Gasteiger partial charge in [-0.15, -0.1) is 0 Å². The fraction of sp³-hybridized carbons (Fsp3) is 0.391. The van der Waals surface area contributed by atoms with Gasteiger partial charge in [0.05, 0.1) is 23.8 Å². The molecule has 0 radical (unpaired) electrons. The van der Waals surface area contributed by atoms with Crippen molar-refractivity contribution in [2.75, 3.05) is 39.4 Å². The second-order valence-electron chi connectivity index (χ2n) is 7.72. The fourth-order valence-corrected chi connectivity index (χ4v) is 4.32. The van der Waals surface area contributed by atoms with E-state index in [-0.39, 0.29) is 34.1 Å². The number of halogens is 1. The second-order valence-corrected chi connectivity index (χ2v) is 8.13. The third-order valence-electron chi connectivity index (χ3n) is 5.86. The van der Waals surface area contributed by atoms with Crippen LogP contribution in [0.4, 0.5) is 0 Å². The number of carbonyl (C=O) groups is 2. The van der Waals surface area contributed by atoms with Gasteiger partial charge >= 0.3 is 0 Å². The molecule has 6 nitrogen and oxygen atoms in total. The number of phenolic OH excluding ortho intramolecular Hbond substituents is 1. The Balaban J connectivity index is 1.46. The maximum atomic E-state index is 13.1. The van der Waals surface area contributed by atoms with Crippen LogP contribution in [-0.2, 0) is 9.53 Å². The van der Waals surface area contributed by atoms with Crippen LogP contribution in [0.5, 0.6) is 5.75 Å². The molecule has 158 valence electrons. The van der Waals surface area contributed by atoms with E-state index < -0.39 is 0 Å². The molecular weight excluding hydrogens is 404 g/mol. The first kappa shape index (κ1) is 20.7. The maximum absolute atomic E-state index is 13.1. The highest BCUT2D eigenvalue weighted by atomic mass is 35.5. The third-order valence-corrected chi connectivity index (χ3v) is 6.14. The smallest absolute Gasteiger partial charge is 0.257 e. The Kier molecular flexibility index (Phi) is 6.25. The molecule has 2 aromatic rings. The molecule has 0 atom stereocenters. The van der Waals surface area contributed by atoms with Gasteiger partial charge in [0.2, 0.25) is 5.91 Å². The van der Waals surface area contributed by atoms with Gasteiger partial charge in [0, 0.05) is 32.1 Å². The van der Waals surface area contributed by atoms with Crippen LogP contribution >= 0.6 is 11.6 Å². The van der Waals surface area contributed by atoms with Gasteiger partial charge in [0.1, 0.15) is 5.75 Å². The van der Waals surface area contributed by atoms with Crippen LogP contribution in [0.25, 0.3) is 11.1 Å². The summed E-state index contributed by atoms with van der Waals surface area (Å²) in [7, 11) is 0. The quantitative estimate of drug-likeness (QED) is 0.813. The molecule has 2 fully saturated rings. The lowest BCUT2D eigenvalue weighted by Gasteiger charge is -2.35. The molecule has 7 heteroatoms. The summed E-state index contributed by atoms with van der Waals surface area (Å²) in [5.41, 5.74) is 1.89. The van der Waals surface area contributed by atoms with Crippen molar-refractivity contribution in [1.29, 1.82) is 0 Å². The van der Waals surface area contributed by atoms with Crippen molar-refractivity contribution in [3.05, 3.63) is 53.1 Å². The predicted molar refractivity (Wildman–Crippen MR) is 115 cm³/mol. The minimum atomic E-state index is -0.260. The van der Waals surface area contributed by atoms with Crippen LogP contribution in [-0.4, -0.2) is 66.1 Å². The number of morpholine rings is 1. The molecule has 1 N–H and O–H groups in total. The molecule has 2 amide bonds. The lowest BCUT2D eigenvalue weighted by atomic mass is 9.94. The van der Waals surface area contributed by atoms with E-state index in [1.165, 1.54) is 0 Å². The van der Waals surface area contributed by atoms with E-state index in [0.717, 1.165) is 11.1 Å². The van der Waals surface area contributed by atoms with Crippen LogP contribution in [0.15, 0.2) is 42.5 Å². The number of piperidine rings is 1. The highest BCUT2D eigenvalue weighted by Crippen LogP contribution is 2.35. The molecule has 0 saturated carbocycles. The Bertz CT molecular complexity index is 920. The van der Waals surface area contributed by atoms with Gasteiger partial charge < -0.3 is 19.6 Å². The summed E-state index contributed by atoms with van der Waals surface area (Å²) in [5, 5.41) is 10.6. The fourth-order valence-electron chi connectivity index (χ4n) is 4.10. The van der Waals surface area contributed by atoms with E-state index in [4.69, 9.17) is 16.3 Å². The molecule has 30 heavy (non-hydrogen) atoms. The van der Waals surface area contributed by atoms with Crippen molar-refractivity contribution in [3.8, 4) is 16.9 Å². The first-order valence-electron chi connectivity index (χ1n) is 10.3. The topological polar surface area (TPSA) is 70.1 Å². The van der Waals surface area contributed by atoms with E-state index in [0.29, 0.717) is 52.2 Å². The van der Waals surface area contributed by atoms with Gasteiger partial charge in [-0.3, -0.25) is 9.59 Å². The van der Waals surface area contributed by atoms with Crippen LogP contribution in [0.2, 0.25) is 5.02 Å². The van der Waals surface area contributed by atoms with Crippen LogP contribution in [0.1, 0.15) is 23.2 Å². The number of hydrogen-bond donors (Lipinski definition) is 1. The van der Waals surface area contributed by atoms with E-state index in [1.807, 2.05) is 35.2 Å². The van der Waals surface area contributed by atoms with E-state index in [9.17, 15) is 14.7 Å². The Hall–Kier alpha value is -2.57. The molecule has 0 spiro atoms. The lowest BCUT2D eigenvalue weighted by molar-refractivity contribution is -0.141. The summed E-state index contributed by atoms with van der Waals surface area (Å²) in [6.07, 6.45) is 1.24. The van der Waals surface area contributed by atoms with Crippen LogP contribution < -0.4 is 0 Å². The molecule has 0 aromatic heterocycles. The van der Waals surface area contributed by atoms with Gasteiger partial charge in [0.15, 0.2) is 0 Å². The van der Waals surface area contributed by atoms with E-state index in [1.54, 1.807) is 17.0 Å². The average molecular weight is 429 g/mol. The van der Waals surface area contributed by atoms with Crippen LogP contribution in [0, 0.1) is 5.92 Å². The number of phenols is 1. The minimum absolute atomic E-state index is 0.0695. The molecular formula is C23H25ClN2O4. The van der Waals surface area contributed by atoms with Crippen molar-refractivity contribution in [2.45, 2.75) is 12.8 Å². The summed E-state index contributed by atoms with van der Waals surface area (Å²) in [4.78, 5) is 29.4. The van der Waals surface area contributed by atoms with Crippen molar-refractivity contribution in [2.24, 2.45) is 5.92 Å². The summed E-state index contributed by atoms with van der Waals surface area (Å²) >= 11 is 6.22. The first-order valence-corrected chi connectivity index (χ1v) is 10.7. The van der Waals surface area contributed by atoms with Crippen molar-refractivity contribution < 1.29 is 19.4 Å². The number of hydrogen-bond acceptors (Lipinski definition) is 4. The van der Waals surface area contributed by atoms with E-state index >= 15 is 0 Å². The van der Waals surface area contributed by atoms with Crippen molar-refractivity contribution in [3.63, 3.8) is 0 Å². The molecule has 0 bridgehead atoms. The second kappa shape index (κ2) is 9.06. The normalized spacial score (nSPS) is 17.8. The van der Waals surface area contributed by atoms with Crippen molar-refractivity contribution in [1.82, 2.24) is 9.80 Å². The SMILES string of the molecule is O=C(c1cc(-c2ccccc2)cc(Cl)c1O)N1CCC(C(=O)N2CCOCC2)CC1. The summed E-state index contributed by atoms with van der Waals surface area (Å²) in [6, 6.07) is 12.9. The van der Waals surface area contributed by atoms with Gasteiger partial charge in [-0.1, -0.05) is 41.9 Å². The van der Waals surface area contributed by atoms with Crippen molar-refractivity contribution >= 4 is 23.4 Å². The Morgan fingerprint density at radius 3 is 2.27 bits per heavy atom. The third kappa shape index (κ3) is 4.30. The maximum Gasteiger partial charge on any atom is 0.257 e. The zero-order valence-corrected chi connectivity index (χ0v) is 17.5. The molecule has 2 aliphatic heterocycles. The average Bonchev–Trinajstić information content (AvgIpc) is 2.81. The van der Waals surface area contributed by atoms with Gasteiger partial charge in [-0.2, -0.15) is 0 Å². The molecule has 0 aliphatic carbocycles. The molecule has 2 saturated heterocycles. The Morgan fingerprint density at radius 1 is 0.933 bits per heavy atom. The standard InChI is InChI=1S/C23H25ClN2O4/c24-20-15-18(16-4-2-1-3-5-16)14-19(21(20)27)23(29)25-8-6-17(7-9-25)22(28)26-10-12-30-13-11-26/h1-5,14-15,17,27H,6-13H2. The number of nitrogens with zero attached hydrogens (tertiary/aromatic N) is 2. The zero-order chi connectivity index (χ0) is 21.1. The summed E-state index contributed by atoms with van der Waals surface area (Å²) in [5.74, 6) is -0.375. The number of rotatable bonds is 3. The van der Waals surface area contributed by atoms with Gasteiger partial charge in [-0.05, 0) is 36.1 Å². The Morgan fingerprint density at radius 2 is 1.60 bits per heavy atom. The number of carbonyl (C=O) groups excluding carboxylic acids is 2. The molecule has 2 aromatic carbocycles. The number of amides is 2. The largest absolute Gasteiger partial charge is 0.506 e. The summed E-state index contributed by atoms with van der Waals surface area (Å²) < 4.78 is 5.32. The Labute approximate surface area is 181 Å². The minimum Gasteiger partial charge on any atom is -0.506 e. The molecule has 0 unspecified atom stereocenters. The van der Waals surface area contributed by atoms with Gasteiger partial charge in [0.25, 0.3) is 5.91 Å². The zero-order valence-electron chi connectivity index (χ0n) is 16.7. The molecule has 2 heterocycles. The number of likely N-dealkylation sites (tertiary alicyclic amines) is 1. The highest BCUT2D eigenvalue weighted by Gasteiger charge is 2.32. The highest BCUT2D eigenvalue weighted by molar-refractivity contribution is 6.33. The number of aromatic hydroxyl groups is 1. The van der Waals surface area contributed by atoms with Gasteiger partial charge in [-0.25, -0.2) is 0 Å². The van der Waals surface area contributed by atoms with Crippen LogP contribution in [0.3, 0.4) is 0 Å². The lowest BCUT2D eigenvalue weighted by Crippen LogP contribution is -2.47. The number of ether oxygens (including phenoxy) is 1. The molecule has 4 rings (SSSR count). The monoisotopic (exact) mass is 428 g/mol. The van der Waals surface area contributed by atoms with E-state index in [2.05, 4.69) is 0 Å². The summed E-state index contributed by atoms with van der Waals surface area (Å²) in [6.45, 7) is 3.40. The first-order chi connectivity index (χ1) is 14.5. The molecule has 2 aliphatic rings. The number of benzene rings is 2. The predicted octanol–water partition coefficient (Wildman–Crippen LogP) is 3.42.